The van der Waals surface area contributed by atoms with Crippen molar-refractivity contribution in [2.24, 2.45) is 0 Å². The second-order valence-corrected chi connectivity index (χ2v) is 11.3. The average molecular weight is 697 g/mol. The van der Waals surface area contributed by atoms with Crippen LogP contribution in [0.2, 0.25) is 0 Å². The number of halogens is 6. The third-order valence-corrected chi connectivity index (χ3v) is 6.66. The third kappa shape index (κ3) is 15.0. The fraction of sp³-hybridized carbons (Fsp3) is 0.545. The van der Waals surface area contributed by atoms with E-state index in [1.54, 1.807) is 0 Å². The normalized spacial score (nSPS) is 18.8. The molecule has 20 heteroatoms. The van der Waals surface area contributed by atoms with Crippen LogP contribution >= 0.6 is 0 Å². The Labute approximate surface area is 250 Å². The van der Waals surface area contributed by atoms with Crippen molar-refractivity contribution in [2.75, 3.05) is 0 Å². The quantitative estimate of drug-likeness (QED) is 0.149. The number of aromatic nitrogens is 2. The smallest absolute Gasteiger partial charge is 0.741 e. The molecule has 42 heavy (non-hydrogen) atoms. The van der Waals surface area contributed by atoms with Gasteiger partial charge in [-0.25, -0.2) is 16.8 Å². The number of nitrogens with one attached hydrogen (secondary N) is 2. The summed E-state index contributed by atoms with van der Waals surface area (Å²) in [6.07, 6.45) is 8.75. The van der Waals surface area contributed by atoms with Crippen LogP contribution in [0.25, 0.3) is 0 Å². The summed E-state index contributed by atoms with van der Waals surface area (Å²) in [7, 11) is -12.2. The van der Waals surface area contributed by atoms with Crippen LogP contribution in [-0.4, -0.2) is 59.0 Å². The first-order chi connectivity index (χ1) is 18.2. The van der Waals surface area contributed by atoms with E-state index in [0.717, 1.165) is 11.4 Å². The Morgan fingerprint density at radius 2 is 1.02 bits per heavy atom. The molecule has 0 spiro atoms. The SMILES string of the molecule is C[C@H](N[C@H]1CCCC[C@@H]1N[C@H](C)c1ccccn1)c1ccccn1.O=S(=O)([O-])C(F)(F)F.O=S(=O)([O-])C(F)(F)F.[Mn+2].[OH3+]. The first kappa shape index (κ1) is 42.2. The van der Waals surface area contributed by atoms with Crippen molar-refractivity contribution in [3.05, 3.63) is 60.2 Å². The zero-order valence-corrected chi connectivity index (χ0v) is 25.0. The van der Waals surface area contributed by atoms with Gasteiger partial charge in [0.1, 0.15) is 0 Å². The zero-order valence-electron chi connectivity index (χ0n) is 22.1. The van der Waals surface area contributed by atoms with Gasteiger partial charge in [-0.1, -0.05) is 25.0 Å². The van der Waals surface area contributed by atoms with Gasteiger partial charge < -0.3 is 25.2 Å². The summed E-state index contributed by atoms with van der Waals surface area (Å²) >= 11 is 0. The molecule has 1 aliphatic rings. The summed E-state index contributed by atoms with van der Waals surface area (Å²) < 4.78 is 118. The molecule has 11 nitrogen and oxygen atoms in total. The molecule has 2 heterocycles. The van der Waals surface area contributed by atoms with E-state index < -0.39 is 31.3 Å². The Morgan fingerprint density at radius 3 is 1.24 bits per heavy atom. The van der Waals surface area contributed by atoms with Crippen LogP contribution in [0.1, 0.15) is 63.0 Å². The van der Waals surface area contributed by atoms with E-state index in [1.807, 2.05) is 24.5 Å². The Balaban J connectivity index is 0. The maximum Gasteiger partial charge on any atom is 2.00 e. The van der Waals surface area contributed by atoms with Gasteiger partial charge in [-0.3, -0.25) is 9.97 Å². The molecule has 4 atom stereocenters. The molecule has 1 radical (unpaired) electrons. The summed E-state index contributed by atoms with van der Waals surface area (Å²) in [6.45, 7) is 4.41. The van der Waals surface area contributed by atoms with E-state index in [9.17, 15) is 26.3 Å². The van der Waals surface area contributed by atoms with Crippen molar-refractivity contribution in [1.29, 1.82) is 0 Å². The number of rotatable bonds is 6. The second-order valence-electron chi connectivity index (χ2n) is 8.58. The largest absolute Gasteiger partial charge is 2.00 e. The minimum atomic E-state index is -6.09. The molecule has 3 rings (SSSR count). The third-order valence-electron chi connectivity index (χ3n) is 5.52. The molecule has 0 unspecified atom stereocenters. The molecule has 1 saturated carbocycles. The maximum atomic E-state index is 10.7. The minimum absolute atomic E-state index is 0. The molecule has 241 valence electrons. The predicted molar refractivity (Wildman–Crippen MR) is 134 cm³/mol. The van der Waals surface area contributed by atoms with E-state index in [4.69, 9.17) is 25.9 Å². The molecule has 0 saturated heterocycles. The van der Waals surface area contributed by atoms with Crippen molar-refractivity contribution in [1.82, 2.24) is 20.6 Å². The molecule has 0 aromatic carbocycles. The van der Waals surface area contributed by atoms with Gasteiger partial charge in [-0.2, -0.15) is 26.3 Å². The molecular formula is C22H31F6MnN4O7S2+. The molecular weight excluding hydrogens is 665 g/mol. The molecule has 0 aliphatic heterocycles. The van der Waals surface area contributed by atoms with Gasteiger partial charge in [0, 0.05) is 36.6 Å². The van der Waals surface area contributed by atoms with Gasteiger partial charge >= 0.3 is 28.1 Å². The van der Waals surface area contributed by atoms with E-state index >= 15 is 0 Å². The van der Waals surface area contributed by atoms with E-state index in [1.165, 1.54) is 25.7 Å². The minimum Gasteiger partial charge on any atom is -0.741 e. The molecule has 5 N–H and O–H groups in total. The van der Waals surface area contributed by atoms with Crippen molar-refractivity contribution >= 4 is 20.2 Å². The summed E-state index contributed by atoms with van der Waals surface area (Å²) in [4.78, 5) is 8.97. The monoisotopic (exact) mass is 696 g/mol. The summed E-state index contributed by atoms with van der Waals surface area (Å²) in [5.41, 5.74) is -9.07. The van der Waals surface area contributed by atoms with Crippen molar-refractivity contribution in [3.63, 3.8) is 0 Å². The van der Waals surface area contributed by atoms with E-state index in [-0.39, 0.29) is 34.6 Å². The molecule has 1 aliphatic carbocycles. The van der Waals surface area contributed by atoms with Gasteiger partial charge in [0.15, 0.2) is 20.2 Å². The van der Waals surface area contributed by atoms with Gasteiger partial charge in [0.2, 0.25) is 0 Å². The average Bonchev–Trinajstić information content (AvgIpc) is 2.84. The van der Waals surface area contributed by atoms with E-state index in [2.05, 4.69) is 58.7 Å². The maximum absolute atomic E-state index is 10.7. The predicted octanol–water partition coefficient (Wildman–Crippen LogP) is 2.97. The van der Waals surface area contributed by atoms with Crippen molar-refractivity contribution in [3.8, 4) is 0 Å². The van der Waals surface area contributed by atoms with Crippen LogP contribution in [-0.2, 0) is 42.8 Å². The topological polar surface area (TPSA) is 197 Å². The molecule has 0 bridgehead atoms. The summed E-state index contributed by atoms with van der Waals surface area (Å²) in [6, 6.07) is 13.7. The molecule has 1 fully saturated rings. The van der Waals surface area contributed by atoms with Gasteiger partial charge in [-0.15, -0.1) is 0 Å². The van der Waals surface area contributed by atoms with Crippen molar-refractivity contribution in [2.45, 2.75) is 74.7 Å². The fourth-order valence-corrected chi connectivity index (χ4v) is 3.61. The Bertz CT molecular complexity index is 1150. The van der Waals surface area contributed by atoms with Crippen LogP contribution in [0, 0.1) is 0 Å². The van der Waals surface area contributed by atoms with Gasteiger partial charge in [0.25, 0.3) is 0 Å². The van der Waals surface area contributed by atoms with Gasteiger partial charge in [0.05, 0.1) is 11.4 Å². The number of nitrogens with zero attached hydrogens (tertiary/aromatic N) is 2. The van der Waals surface area contributed by atoms with Crippen LogP contribution in [0.5, 0.6) is 0 Å². The number of alkyl halides is 6. The van der Waals surface area contributed by atoms with Crippen LogP contribution in [0.3, 0.4) is 0 Å². The molecule has 0 amide bonds. The molecule has 2 aromatic rings. The van der Waals surface area contributed by atoms with Crippen molar-refractivity contribution < 1.29 is 74.8 Å². The summed E-state index contributed by atoms with van der Waals surface area (Å²) in [5, 5.41) is 7.59. The first-order valence-electron chi connectivity index (χ1n) is 11.6. The Hall–Kier alpha value is -1.90. The zero-order chi connectivity index (χ0) is 30.8. The van der Waals surface area contributed by atoms with Gasteiger partial charge in [-0.05, 0) is 51.0 Å². The van der Waals surface area contributed by atoms with Crippen LogP contribution in [0.4, 0.5) is 26.3 Å². The number of hydrogen-bond acceptors (Lipinski definition) is 10. The number of pyridine rings is 2. The summed E-state index contributed by atoms with van der Waals surface area (Å²) in [5.74, 6) is 0. The van der Waals surface area contributed by atoms with E-state index in [0.29, 0.717) is 12.1 Å². The first-order valence-corrected chi connectivity index (χ1v) is 14.4. The Kier molecular flexibility index (Phi) is 18.1. The Morgan fingerprint density at radius 1 is 0.738 bits per heavy atom. The molecule has 2 aromatic heterocycles. The second kappa shape index (κ2) is 18.0. The van der Waals surface area contributed by atoms with Crippen LogP contribution in [0.15, 0.2) is 48.8 Å². The number of hydrogen-bond donors (Lipinski definition) is 2. The standard InChI is InChI=1S/C20H28N4.2CHF3O3S.Mn.H2O/c1-15(17-9-5-7-13-21-17)23-19-11-3-4-12-20(19)24-16(2)18-10-6-8-14-22-18;2*2-1(3,4)8(5,6)7;;/h5-10,13-16,19-20,23-24H,3-4,11-12H2,1-2H3;2*(H,5,6,7);;1H2/q;;;+2;/p-1/t15-,16+,19-,20-;;;;/m0..../s1. The fourth-order valence-electron chi connectivity index (χ4n) is 3.61. The van der Waals surface area contributed by atoms with Crippen LogP contribution < -0.4 is 10.6 Å².